The molecule has 1 fully saturated rings. The van der Waals surface area contributed by atoms with Gasteiger partial charge in [0.2, 0.25) is 15.9 Å². The van der Waals surface area contributed by atoms with Crippen molar-refractivity contribution in [2.24, 2.45) is 5.92 Å². The molecule has 0 aliphatic carbocycles. The summed E-state index contributed by atoms with van der Waals surface area (Å²) in [4.78, 5) is 14.9. The van der Waals surface area contributed by atoms with E-state index in [2.05, 4.69) is 22.3 Å². The van der Waals surface area contributed by atoms with E-state index < -0.39 is 22.4 Å². The quantitative estimate of drug-likeness (QED) is 0.0722. The topological polar surface area (TPSA) is 159 Å². The third-order valence-electron chi connectivity index (χ3n) is 6.18. The predicted octanol–water partition coefficient (Wildman–Crippen LogP) is 2.77. The largest absolute Gasteiger partial charge is 0.396 e. The second-order valence-electron chi connectivity index (χ2n) is 9.15. The third-order valence-corrected chi connectivity index (χ3v) is 8.25. The number of nitrogens with two attached hydrogens (primary N) is 1. The van der Waals surface area contributed by atoms with Crippen LogP contribution < -0.4 is 21.1 Å². The summed E-state index contributed by atoms with van der Waals surface area (Å²) in [7, 11) is -4.12. The molecule has 1 amide bonds. The lowest BCUT2D eigenvalue weighted by molar-refractivity contribution is -0.134. The van der Waals surface area contributed by atoms with Crippen LogP contribution in [0.4, 0.5) is 5.69 Å². The Kier molecular flexibility index (Phi) is 13.4. The van der Waals surface area contributed by atoms with Gasteiger partial charge in [0.1, 0.15) is 6.04 Å². The van der Waals surface area contributed by atoms with Gasteiger partial charge in [-0.05, 0) is 57.6 Å². The number of ether oxygens (including phenoxy) is 2. The molecule has 6 N–H and O–H groups in total. The van der Waals surface area contributed by atoms with Crippen LogP contribution in [0.2, 0.25) is 10.0 Å². The fourth-order valence-electron chi connectivity index (χ4n) is 3.96. The van der Waals surface area contributed by atoms with Gasteiger partial charge in [0.15, 0.2) is 12.2 Å². The maximum Gasteiger partial charge on any atom is 0.241 e. The molecule has 216 valence electrons. The number of nitrogen functional groups attached to an aromatic ring is 1. The van der Waals surface area contributed by atoms with Crippen LogP contribution in [0.15, 0.2) is 17.0 Å². The zero-order valence-corrected chi connectivity index (χ0v) is 24.5. The minimum Gasteiger partial charge on any atom is -0.396 e. The molecule has 1 atom stereocenters. The number of piperidine rings is 1. The van der Waals surface area contributed by atoms with Crippen molar-refractivity contribution in [1.29, 1.82) is 5.41 Å². The Balaban J connectivity index is 2.02. The number of amides is 1. The number of anilines is 1. The molecule has 1 heterocycles. The van der Waals surface area contributed by atoms with Gasteiger partial charge in [-0.3, -0.25) is 10.2 Å². The number of sulfonamides is 1. The summed E-state index contributed by atoms with van der Waals surface area (Å²) < 4.78 is 39.8. The summed E-state index contributed by atoms with van der Waals surface area (Å²) in [6.07, 6.45) is 1.91. The van der Waals surface area contributed by atoms with Crippen LogP contribution in [0, 0.1) is 11.3 Å². The number of hydrogen-bond acceptors (Lipinski definition) is 7. The number of carbonyl (C=O) groups is 1. The van der Waals surface area contributed by atoms with Crippen molar-refractivity contribution in [3.63, 3.8) is 0 Å². The average Bonchev–Trinajstić information content (AvgIpc) is 2.87. The minimum atomic E-state index is -4.12. The van der Waals surface area contributed by atoms with Gasteiger partial charge in [0, 0.05) is 32.8 Å². The monoisotopic (exact) mass is 594 g/mol. The maximum absolute atomic E-state index is 13.4. The van der Waals surface area contributed by atoms with E-state index in [-0.39, 0.29) is 38.9 Å². The first kappa shape index (κ1) is 32.4. The number of halogens is 2. The van der Waals surface area contributed by atoms with Crippen molar-refractivity contribution < 1.29 is 22.7 Å². The molecular formula is C24H40Cl2N6O5S. The normalized spacial score (nSPS) is 15.5. The van der Waals surface area contributed by atoms with Crippen LogP contribution in [-0.2, 0) is 24.3 Å². The van der Waals surface area contributed by atoms with Crippen LogP contribution in [0.25, 0.3) is 0 Å². The highest BCUT2D eigenvalue weighted by molar-refractivity contribution is 7.89. The highest BCUT2D eigenvalue weighted by Crippen LogP contribution is 2.31. The van der Waals surface area contributed by atoms with Crippen molar-refractivity contribution in [1.82, 2.24) is 20.3 Å². The van der Waals surface area contributed by atoms with E-state index in [1.807, 2.05) is 13.8 Å². The lowest BCUT2D eigenvalue weighted by Crippen LogP contribution is -2.50. The van der Waals surface area contributed by atoms with E-state index in [1.165, 1.54) is 12.1 Å². The number of likely N-dealkylation sites (tertiary alicyclic amines) is 1. The van der Waals surface area contributed by atoms with Crippen LogP contribution in [0.3, 0.4) is 0 Å². The molecule has 0 bridgehead atoms. The van der Waals surface area contributed by atoms with Crippen LogP contribution in [0.1, 0.15) is 46.5 Å². The predicted molar refractivity (Wildman–Crippen MR) is 150 cm³/mol. The van der Waals surface area contributed by atoms with E-state index in [4.69, 9.17) is 43.8 Å². The molecular weight excluding hydrogens is 555 g/mol. The maximum atomic E-state index is 13.4. The summed E-state index contributed by atoms with van der Waals surface area (Å²) in [5.41, 5.74) is 5.82. The Morgan fingerprint density at radius 1 is 1.16 bits per heavy atom. The number of hydrogen-bond donors (Lipinski definition) is 5. The standard InChI is InChI=1S/C24H40Cl2N6O5S/c1-4-36-21(37-5-2)15-30-24(28)29-10-6-7-20(23(33)32-11-8-16(3)9-12-32)31-38(34,35)17-13-18(25)22(27)19(26)14-17/h13-14,16,20-21,31H,4-12,15,27H2,1-3H3,(H3,28,29,30)/t20-/m0/s1. The number of nitrogens with one attached hydrogen (secondary N) is 4. The Bertz CT molecular complexity index is 1010. The molecule has 0 radical (unpaired) electrons. The lowest BCUT2D eigenvalue weighted by Gasteiger charge is -2.33. The molecule has 1 aromatic carbocycles. The number of benzene rings is 1. The molecule has 38 heavy (non-hydrogen) atoms. The van der Waals surface area contributed by atoms with Gasteiger partial charge < -0.3 is 30.7 Å². The fraction of sp³-hybridized carbons (Fsp3) is 0.667. The van der Waals surface area contributed by atoms with E-state index in [0.717, 1.165) is 12.8 Å². The van der Waals surface area contributed by atoms with E-state index >= 15 is 0 Å². The van der Waals surface area contributed by atoms with Gasteiger partial charge in [-0.25, -0.2) is 8.42 Å². The molecule has 14 heteroatoms. The molecule has 0 unspecified atom stereocenters. The zero-order valence-electron chi connectivity index (χ0n) is 22.2. The van der Waals surface area contributed by atoms with Crippen LogP contribution in [-0.4, -0.2) is 76.9 Å². The molecule has 0 saturated carbocycles. The third kappa shape index (κ3) is 10.0. The Morgan fingerprint density at radius 2 is 1.74 bits per heavy atom. The number of carbonyl (C=O) groups excluding carboxylic acids is 1. The van der Waals surface area contributed by atoms with Crippen molar-refractivity contribution in [2.45, 2.75) is 63.7 Å². The van der Waals surface area contributed by atoms with Gasteiger partial charge in [-0.2, -0.15) is 4.72 Å². The number of guanidine groups is 1. The Labute approximate surface area is 235 Å². The first-order valence-corrected chi connectivity index (χ1v) is 15.1. The molecule has 1 saturated heterocycles. The van der Waals surface area contributed by atoms with E-state index in [0.29, 0.717) is 51.7 Å². The van der Waals surface area contributed by atoms with Crippen molar-refractivity contribution >= 4 is 50.8 Å². The average molecular weight is 596 g/mol. The van der Waals surface area contributed by atoms with Gasteiger partial charge in [0.25, 0.3) is 0 Å². The van der Waals surface area contributed by atoms with Crippen LogP contribution in [0.5, 0.6) is 0 Å². The summed E-state index contributed by atoms with van der Waals surface area (Å²) in [6.45, 7) is 8.64. The molecule has 1 aliphatic heterocycles. The van der Waals surface area contributed by atoms with Crippen molar-refractivity contribution in [2.75, 3.05) is 45.1 Å². The Hall–Kier alpha value is -1.83. The van der Waals surface area contributed by atoms with Crippen molar-refractivity contribution in [3.05, 3.63) is 22.2 Å². The molecule has 1 aromatic rings. The lowest BCUT2D eigenvalue weighted by atomic mass is 9.98. The molecule has 0 spiro atoms. The fourth-order valence-corrected chi connectivity index (χ4v) is 5.85. The zero-order chi connectivity index (χ0) is 28.3. The van der Waals surface area contributed by atoms with Gasteiger partial charge in [-0.1, -0.05) is 30.1 Å². The SMILES string of the molecule is CCOC(CNC(=N)NCCC[C@H](NS(=O)(=O)c1cc(Cl)c(N)c(Cl)c1)C(=O)N1CCC(C)CC1)OCC. The first-order valence-electron chi connectivity index (χ1n) is 12.8. The molecule has 1 aliphatic rings. The van der Waals surface area contributed by atoms with Crippen molar-refractivity contribution in [3.8, 4) is 0 Å². The smallest absolute Gasteiger partial charge is 0.241 e. The van der Waals surface area contributed by atoms with Gasteiger partial charge in [0.05, 0.1) is 27.2 Å². The molecule has 11 nitrogen and oxygen atoms in total. The second-order valence-corrected chi connectivity index (χ2v) is 11.7. The minimum absolute atomic E-state index is 0.0110. The summed E-state index contributed by atoms with van der Waals surface area (Å²) in [5.74, 6) is 0.313. The molecule has 0 aromatic heterocycles. The first-order chi connectivity index (χ1) is 18.0. The van der Waals surface area contributed by atoms with Gasteiger partial charge >= 0.3 is 0 Å². The molecule has 2 rings (SSSR count). The second kappa shape index (κ2) is 15.7. The number of nitrogens with zero attached hydrogens (tertiary/aromatic N) is 1. The summed E-state index contributed by atoms with van der Waals surface area (Å²) in [5, 5.41) is 13.9. The Morgan fingerprint density at radius 3 is 2.29 bits per heavy atom. The highest BCUT2D eigenvalue weighted by Gasteiger charge is 2.31. The summed E-state index contributed by atoms with van der Waals surface area (Å²) >= 11 is 12.1. The van der Waals surface area contributed by atoms with E-state index in [9.17, 15) is 13.2 Å². The van der Waals surface area contributed by atoms with Gasteiger partial charge in [-0.15, -0.1) is 0 Å². The summed E-state index contributed by atoms with van der Waals surface area (Å²) in [6, 6.07) is 1.43. The number of rotatable bonds is 14. The van der Waals surface area contributed by atoms with Crippen LogP contribution >= 0.6 is 23.2 Å². The highest BCUT2D eigenvalue weighted by atomic mass is 35.5. The van der Waals surface area contributed by atoms with E-state index in [1.54, 1.807) is 4.90 Å².